The Labute approximate surface area is 125 Å². The largest absolute Gasteiger partial charge is 0.478 e. The fourth-order valence-electron chi connectivity index (χ4n) is 1.99. The molecule has 2 rings (SSSR count). The first-order valence-corrected chi connectivity index (χ1v) is 7.07. The van der Waals surface area contributed by atoms with Gasteiger partial charge in [0.15, 0.2) is 0 Å². The third-order valence-electron chi connectivity index (χ3n) is 3.23. The van der Waals surface area contributed by atoms with Crippen LogP contribution < -0.4 is 10.1 Å². The summed E-state index contributed by atoms with van der Waals surface area (Å²) in [6.07, 6.45) is 2.38. The van der Waals surface area contributed by atoms with Gasteiger partial charge in [0.1, 0.15) is 12.1 Å². The third kappa shape index (κ3) is 3.92. The Morgan fingerprint density at radius 3 is 2.67 bits per heavy atom. The van der Waals surface area contributed by atoms with E-state index in [0.717, 1.165) is 12.0 Å². The number of ether oxygens (including phenoxy) is 1. The van der Waals surface area contributed by atoms with Gasteiger partial charge in [-0.3, -0.25) is 0 Å². The smallest absolute Gasteiger partial charge is 0.218 e. The highest BCUT2D eigenvalue weighted by atomic mass is 16.5. The van der Waals surface area contributed by atoms with E-state index >= 15 is 0 Å². The van der Waals surface area contributed by atoms with Gasteiger partial charge in [-0.1, -0.05) is 37.3 Å². The Kier molecular flexibility index (Phi) is 5.11. The van der Waals surface area contributed by atoms with Crippen molar-refractivity contribution in [3.63, 3.8) is 0 Å². The van der Waals surface area contributed by atoms with Crippen LogP contribution in [-0.2, 0) is 5.54 Å². The highest BCUT2D eigenvalue weighted by Crippen LogP contribution is 2.25. The van der Waals surface area contributed by atoms with E-state index in [0.29, 0.717) is 18.3 Å². The van der Waals surface area contributed by atoms with Crippen LogP contribution in [0.25, 0.3) is 0 Å². The topological polar surface area (TPSA) is 67.3 Å². The van der Waals surface area contributed by atoms with Crippen LogP contribution in [0.5, 0.6) is 5.88 Å². The van der Waals surface area contributed by atoms with Gasteiger partial charge in [-0.2, -0.15) is 0 Å². The van der Waals surface area contributed by atoms with E-state index in [4.69, 9.17) is 4.74 Å². The molecule has 0 fully saturated rings. The van der Waals surface area contributed by atoms with Crippen LogP contribution in [0, 0.1) is 0 Å². The third-order valence-corrected chi connectivity index (χ3v) is 3.23. The summed E-state index contributed by atoms with van der Waals surface area (Å²) >= 11 is 0. The molecule has 5 nitrogen and oxygen atoms in total. The minimum absolute atomic E-state index is 0.0494. The van der Waals surface area contributed by atoms with Crippen molar-refractivity contribution in [2.75, 3.05) is 18.5 Å². The quantitative estimate of drug-likeness (QED) is 0.819. The number of anilines is 1. The Balaban J connectivity index is 2.18. The molecule has 2 N–H and O–H groups in total. The Bertz CT molecular complexity index is 562. The van der Waals surface area contributed by atoms with E-state index in [1.807, 2.05) is 44.2 Å². The molecule has 1 aromatic carbocycles. The predicted octanol–water partition coefficient (Wildman–Crippen LogP) is 2.59. The van der Waals surface area contributed by atoms with Gasteiger partial charge in [0.25, 0.3) is 0 Å². The van der Waals surface area contributed by atoms with Crippen LogP contribution in [0.1, 0.15) is 25.8 Å². The highest BCUT2D eigenvalue weighted by molar-refractivity contribution is 5.43. The van der Waals surface area contributed by atoms with Gasteiger partial charge in [0.05, 0.1) is 18.8 Å². The van der Waals surface area contributed by atoms with Crippen LogP contribution in [0.4, 0.5) is 5.82 Å². The monoisotopic (exact) mass is 287 g/mol. The lowest BCUT2D eigenvalue weighted by Crippen LogP contribution is -2.36. The van der Waals surface area contributed by atoms with Gasteiger partial charge in [0.2, 0.25) is 5.88 Å². The van der Waals surface area contributed by atoms with Crippen molar-refractivity contribution in [3.05, 3.63) is 48.3 Å². The van der Waals surface area contributed by atoms with Crippen LogP contribution in [0.3, 0.4) is 0 Å². The molecule has 0 aliphatic heterocycles. The fourth-order valence-corrected chi connectivity index (χ4v) is 1.99. The van der Waals surface area contributed by atoms with Gasteiger partial charge in [-0.15, -0.1) is 0 Å². The first-order valence-electron chi connectivity index (χ1n) is 7.07. The summed E-state index contributed by atoms with van der Waals surface area (Å²) < 4.78 is 5.50. The lowest BCUT2D eigenvalue weighted by Gasteiger charge is -2.30. The molecule has 1 heterocycles. The number of rotatable bonds is 7. The molecular weight excluding hydrogens is 266 g/mol. The zero-order valence-corrected chi connectivity index (χ0v) is 12.4. The van der Waals surface area contributed by atoms with Crippen LogP contribution >= 0.6 is 0 Å². The average molecular weight is 287 g/mol. The molecule has 1 atom stereocenters. The number of nitrogens with zero attached hydrogens (tertiary/aromatic N) is 2. The van der Waals surface area contributed by atoms with Gasteiger partial charge in [0, 0.05) is 6.07 Å². The molecule has 0 saturated carbocycles. The number of benzene rings is 1. The van der Waals surface area contributed by atoms with Crippen molar-refractivity contribution >= 4 is 5.82 Å². The molecule has 0 amide bonds. The Morgan fingerprint density at radius 2 is 2.00 bits per heavy atom. The number of hydrogen-bond donors (Lipinski definition) is 2. The van der Waals surface area contributed by atoms with Crippen molar-refractivity contribution in [1.29, 1.82) is 0 Å². The van der Waals surface area contributed by atoms with Crippen molar-refractivity contribution < 1.29 is 9.84 Å². The van der Waals surface area contributed by atoms with E-state index < -0.39 is 5.54 Å². The number of nitrogens with one attached hydrogen (secondary N) is 1. The maximum atomic E-state index is 9.77. The molecule has 0 radical (unpaired) electrons. The van der Waals surface area contributed by atoms with Crippen LogP contribution in [0.15, 0.2) is 42.7 Å². The molecule has 112 valence electrons. The van der Waals surface area contributed by atoms with Gasteiger partial charge in [-0.25, -0.2) is 9.97 Å². The van der Waals surface area contributed by atoms with E-state index in [9.17, 15) is 5.11 Å². The van der Waals surface area contributed by atoms with Crippen molar-refractivity contribution in [2.45, 2.75) is 25.8 Å². The molecule has 0 saturated heterocycles. The predicted molar refractivity (Wildman–Crippen MR) is 82.3 cm³/mol. The summed E-state index contributed by atoms with van der Waals surface area (Å²) in [4.78, 5) is 8.26. The summed E-state index contributed by atoms with van der Waals surface area (Å²) in [7, 11) is 0. The summed E-state index contributed by atoms with van der Waals surface area (Å²) in [5, 5.41) is 13.0. The number of aliphatic hydroxyl groups is 1. The minimum Gasteiger partial charge on any atom is -0.478 e. The van der Waals surface area contributed by atoms with Crippen molar-refractivity contribution in [2.24, 2.45) is 0 Å². The first kappa shape index (κ1) is 15.3. The molecule has 1 unspecified atom stereocenters. The summed E-state index contributed by atoms with van der Waals surface area (Å²) in [6, 6.07) is 11.5. The molecular formula is C16H21N3O2. The fraction of sp³-hybridized carbons (Fsp3) is 0.375. The number of hydrogen-bond acceptors (Lipinski definition) is 5. The zero-order chi connectivity index (χ0) is 15.1. The minimum atomic E-state index is -0.613. The normalized spacial score (nSPS) is 13.5. The maximum absolute atomic E-state index is 9.77. The molecule has 5 heteroatoms. The molecule has 0 bridgehead atoms. The summed E-state index contributed by atoms with van der Waals surface area (Å²) in [6.45, 7) is 4.54. The number of aromatic nitrogens is 2. The van der Waals surface area contributed by atoms with Crippen molar-refractivity contribution in [3.8, 4) is 5.88 Å². The van der Waals surface area contributed by atoms with Crippen LogP contribution in [0.2, 0.25) is 0 Å². The molecule has 2 aromatic rings. The van der Waals surface area contributed by atoms with Gasteiger partial charge >= 0.3 is 0 Å². The second-order valence-electron chi connectivity index (χ2n) is 5.07. The molecule has 1 aromatic heterocycles. The molecule has 0 aliphatic carbocycles. The van der Waals surface area contributed by atoms with Crippen LogP contribution in [-0.4, -0.2) is 28.3 Å². The Hall–Kier alpha value is -2.14. The van der Waals surface area contributed by atoms with Crippen molar-refractivity contribution in [1.82, 2.24) is 9.97 Å². The number of aliphatic hydroxyl groups excluding tert-OH is 1. The Morgan fingerprint density at radius 1 is 1.24 bits per heavy atom. The second kappa shape index (κ2) is 7.04. The van der Waals surface area contributed by atoms with Gasteiger partial charge < -0.3 is 15.2 Å². The lowest BCUT2D eigenvalue weighted by atomic mass is 9.93. The molecule has 0 aliphatic rings. The summed E-state index contributed by atoms with van der Waals surface area (Å²) in [5.41, 5.74) is 0.375. The van der Waals surface area contributed by atoms with Gasteiger partial charge in [-0.05, 0) is 18.9 Å². The highest BCUT2D eigenvalue weighted by Gasteiger charge is 2.26. The zero-order valence-electron chi connectivity index (χ0n) is 12.4. The standard InChI is InChI=1S/C16H21N3O2/c1-3-9-21-15-10-14(17-12-18-15)19-16(2,11-20)13-7-5-4-6-8-13/h4-8,10,12,20H,3,9,11H2,1-2H3,(H,17,18,19). The lowest BCUT2D eigenvalue weighted by molar-refractivity contribution is 0.223. The average Bonchev–Trinajstić information content (AvgIpc) is 2.54. The second-order valence-corrected chi connectivity index (χ2v) is 5.07. The SMILES string of the molecule is CCCOc1cc(NC(C)(CO)c2ccccc2)ncn1. The summed E-state index contributed by atoms with van der Waals surface area (Å²) in [5.74, 6) is 1.15. The first-order chi connectivity index (χ1) is 10.2. The van der Waals surface area contributed by atoms with E-state index in [2.05, 4.69) is 15.3 Å². The maximum Gasteiger partial charge on any atom is 0.218 e. The molecule has 21 heavy (non-hydrogen) atoms. The van der Waals surface area contributed by atoms with E-state index in [-0.39, 0.29) is 6.61 Å². The van der Waals surface area contributed by atoms with E-state index in [1.165, 1.54) is 6.33 Å². The van der Waals surface area contributed by atoms with E-state index in [1.54, 1.807) is 6.07 Å². The molecule has 0 spiro atoms.